The second-order valence-corrected chi connectivity index (χ2v) is 6.31. The van der Waals surface area contributed by atoms with Crippen molar-refractivity contribution >= 4 is 11.8 Å². The monoisotopic (exact) mass is 273 g/mol. The Labute approximate surface area is 118 Å². The van der Waals surface area contributed by atoms with E-state index in [1.807, 2.05) is 11.8 Å². The first-order chi connectivity index (χ1) is 9.24. The second-order valence-electron chi connectivity index (χ2n) is 5.30. The molecule has 2 aromatic rings. The molecule has 0 bridgehead atoms. The Morgan fingerprint density at radius 1 is 1.21 bits per heavy atom. The minimum absolute atomic E-state index is 0.920. The number of aryl methyl sites for hydroxylation is 3. The number of hydrogen-bond acceptors (Lipinski definition) is 3. The third-order valence-electron chi connectivity index (χ3n) is 3.74. The topological polar surface area (TPSA) is 26.0 Å². The zero-order valence-corrected chi connectivity index (χ0v) is 12.3. The van der Waals surface area contributed by atoms with Crippen molar-refractivity contribution in [2.24, 2.45) is 0 Å². The lowest BCUT2D eigenvalue weighted by Crippen LogP contribution is -2.01. The molecule has 0 spiro atoms. The van der Waals surface area contributed by atoms with Crippen molar-refractivity contribution in [2.75, 3.05) is 0 Å². The maximum Gasteiger partial charge on any atom is 0.140 e. The standard InChI is InChI=1S/C16H19NOS/c1-11-7-8-12(2)16(9-11)19-10-14-13-5-3-4-6-15(13)18-17-14/h7-9H,3-6,10H2,1-2H3. The number of nitrogens with zero attached hydrogens (tertiary/aromatic N) is 1. The zero-order chi connectivity index (χ0) is 13.2. The summed E-state index contributed by atoms with van der Waals surface area (Å²) in [6, 6.07) is 6.61. The van der Waals surface area contributed by atoms with Crippen LogP contribution in [0.4, 0.5) is 0 Å². The molecule has 0 saturated carbocycles. The van der Waals surface area contributed by atoms with Gasteiger partial charge in [-0.2, -0.15) is 0 Å². The van der Waals surface area contributed by atoms with E-state index in [1.54, 1.807) is 0 Å². The summed E-state index contributed by atoms with van der Waals surface area (Å²) < 4.78 is 5.47. The molecule has 3 heteroatoms. The lowest BCUT2D eigenvalue weighted by molar-refractivity contribution is 0.369. The molecule has 1 aliphatic carbocycles. The number of aromatic nitrogens is 1. The van der Waals surface area contributed by atoms with Gasteiger partial charge in [-0.1, -0.05) is 22.9 Å². The van der Waals surface area contributed by atoms with Gasteiger partial charge in [-0.25, -0.2) is 0 Å². The summed E-state index contributed by atoms with van der Waals surface area (Å²) in [5, 5.41) is 4.27. The van der Waals surface area contributed by atoms with Crippen molar-refractivity contribution in [3.8, 4) is 0 Å². The second kappa shape index (κ2) is 5.41. The Bertz CT molecular complexity index is 588. The fraction of sp³-hybridized carbons (Fsp3) is 0.438. The smallest absolute Gasteiger partial charge is 0.140 e. The summed E-state index contributed by atoms with van der Waals surface area (Å²) in [6.45, 7) is 4.31. The van der Waals surface area contributed by atoms with Crippen LogP contribution in [0, 0.1) is 13.8 Å². The molecule has 0 amide bonds. The van der Waals surface area contributed by atoms with Gasteiger partial charge in [0.15, 0.2) is 0 Å². The molecule has 1 aromatic heterocycles. The van der Waals surface area contributed by atoms with E-state index in [0.717, 1.165) is 30.0 Å². The minimum atomic E-state index is 0.920. The van der Waals surface area contributed by atoms with Crippen LogP contribution in [0.15, 0.2) is 27.6 Å². The highest BCUT2D eigenvalue weighted by molar-refractivity contribution is 7.98. The minimum Gasteiger partial charge on any atom is -0.361 e. The number of thioether (sulfide) groups is 1. The first-order valence-corrected chi connectivity index (χ1v) is 7.89. The first-order valence-electron chi connectivity index (χ1n) is 6.90. The fourth-order valence-electron chi connectivity index (χ4n) is 2.57. The van der Waals surface area contributed by atoms with E-state index in [2.05, 4.69) is 37.2 Å². The molecule has 0 unspecified atom stereocenters. The molecule has 1 aliphatic rings. The highest BCUT2D eigenvalue weighted by Gasteiger charge is 2.19. The molecule has 1 heterocycles. The maximum atomic E-state index is 5.47. The predicted octanol–water partition coefficient (Wildman–Crippen LogP) is 4.46. The fourth-order valence-corrected chi connectivity index (χ4v) is 3.66. The Hall–Kier alpha value is -1.22. The maximum absolute atomic E-state index is 5.47. The van der Waals surface area contributed by atoms with Crippen molar-refractivity contribution in [1.82, 2.24) is 5.16 Å². The predicted molar refractivity (Wildman–Crippen MR) is 78.6 cm³/mol. The molecule has 3 rings (SSSR count). The van der Waals surface area contributed by atoms with Gasteiger partial charge in [0.2, 0.25) is 0 Å². The van der Waals surface area contributed by atoms with Gasteiger partial charge in [-0.3, -0.25) is 0 Å². The lowest BCUT2D eigenvalue weighted by atomic mass is 9.97. The van der Waals surface area contributed by atoms with E-state index in [9.17, 15) is 0 Å². The first kappa shape index (κ1) is 12.8. The van der Waals surface area contributed by atoms with Gasteiger partial charge >= 0.3 is 0 Å². The van der Waals surface area contributed by atoms with Crippen molar-refractivity contribution in [2.45, 2.75) is 50.2 Å². The van der Waals surface area contributed by atoms with Crippen molar-refractivity contribution in [3.63, 3.8) is 0 Å². The number of rotatable bonds is 3. The number of fused-ring (bicyclic) bond motifs is 1. The van der Waals surface area contributed by atoms with E-state index in [-0.39, 0.29) is 0 Å². The van der Waals surface area contributed by atoms with Crippen LogP contribution >= 0.6 is 11.8 Å². The largest absolute Gasteiger partial charge is 0.361 e. The molecule has 0 atom stereocenters. The molecular weight excluding hydrogens is 254 g/mol. The SMILES string of the molecule is Cc1ccc(C)c(SCc2noc3c2CCCC3)c1. The Morgan fingerprint density at radius 2 is 2.05 bits per heavy atom. The molecule has 0 saturated heterocycles. The quantitative estimate of drug-likeness (QED) is 0.772. The van der Waals surface area contributed by atoms with E-state index >= 15 is 0 Å². The Balaban J connectivity index is 1.75. The van der Waals surface area contributed by atoms with Gasteiger partial charge in [-0.15, -0.1) is 11.8 Å². The molecule has 100 valence electrons. The molecule has 0 fully saturated rings. The van der Waals surface area contributed by atoms with E-state index in [4.69, 9.17) is 4.52 Å². The Morgan fingerprint density at radius 3 is 2.95 bits per heavy atom. The molecule has 0 N–H and O–H groups in total. The zero-order valence-electron chi connectivity index (χ0n) is 11.5. The van der Waals surface area contributed by atoms with Crippen LogP contribution in [0.1, 0.15) is 41.0 Å². The van der Waals surface area contributed by atoms with Gasteiger partial charge in [-0.05, 0) is 44.7 Å². The molecule has 0 radical (unpaired) electrons. The van der Waals surface area contributed by atoms with Crippen LogP contribution in [-0.4, -0.2) is 5.16 Å². The van der Waals surface area contributed by atoms with Gasteiger partial charge < -0.3 is 4.52 Å². The van der Waals surface area contributed by atoms with Crippen molar-refractivity contribution < 1.29 is 4.52 Å². The summed E-state index contributed by atoms with van der Waals surface area (Å²) in [4.78, 5) is 1.35. The summed E-state index contributed by atoms with van der Waals surface area (Å²) >= 11 is 1.87. The molecular formula is C16H19NOS. The van der Waals surface area contributed by atoms with Gasteiger partial charge in [0, 0.05) is 22.6 Å². The van der Waals surface area contributed by atoms with Crippen LogP contribution in [0.3, 0.4) is 0 Å². The van der Waals surface area contributed by atoms with Crippen LogP contribution in [0.2, 0.25) is 0 Å². The normalized spacial score (nSPS) is 14.4. The van der Waals surface area contributed by atoms with Gasteiger partial charge in [0.25, 0.3) is 0 Å². The van der Waals surface area contributed by atoms with Crippen LogP contribution in [-0.2, 0) is 18.6 Å². The van der Waals surface area contributed by atoms with Crippen LogP contribution in [0.5, 0.6) is 0 Å². The van der Waals surface area contributed by atoms with Crippen LogP contribution in [0.25, 0.3) is 0 Å². The molecule has 0 aliphatic heterocycles. The van der Waals surface area contributed by atoms with E-state index < -0.39 is 0 Å². The Kier molecular flexibility index (Phi) is 3.65. The highest BCUT2D eigenvalue weighted by Crippen LogP contribution is 2.31. The van der Waals surface area contributed by atoms with E-state index in [0.29, 0.717) is 0 Å². The summed E-state index contributed by atoms with van der Waals surface area (Å²) in [5.74, 6) is 2.05. The molecule has 2 nitrogen and oxygen atoms in total. The average Bonchev–Trinajstić information content (AvgIpc) is 2.83. The number of hydrogen-bond donors (Lipinski definition) is 0. The average molecular weight is 273 g/mol. The third kappa shape index (κ3) is 2.71. The van der Waals surface area contributed by atoms with Crippen molar-refractivity contribution in [1.29, 1.82) is 0 Å². The van der Waals surface area contributed by atoms with Crippen molar-refractivity contribution in [3.05, 3.63) is 46.3 Å². The number of benzene rings is 1. The van der Waals surface area contributed by atoms with E-state index in [1.165, 1.54) is 34.4 Å². The summed E-state index contributed by atoms with van der Waals surface area (Å²) in [7, 11) is 0. The van der Waals surface area contributed by atoms with Gasteiger partial charge in [0.1, 0.15) is 5.76 Å². The highest BCUT2D eigenvalue weighted by atomic mass is 32.2. The van der Waals surface area contributed by atoms with Crippen LogP contribution < -0.4 is 0 Å². The van der Waals surface area contributed by atoms with Gasteiger partial charge in [0.05, 0.1) is 5.69 Å². The third-order valence-corrected chi connectivity index (χ3v) is 4.91. The summed E-state index contributed by atoms with van der Waals surface area (Å²) in [6.07, 6.45) is 4.72. The lowest BCUT2D eigenvalue weighted by Gasteiger charge is -2.10. The molecule has 1 aromatic carbocycles. The molecule has 19 heavy (non-hydrogen) atoms. The summed E-state index contributed by atoms with van der Waals surface area (Å²) in [5.41, 5.74) is 5.19.